The lowest BCUT2D eigenvalue weighted by Gasteiger charge is -2.37. The van der Waals surface area contributed by atoms with E-state index in [4.69, 9.17) is 35.4 Å². The number of hydrogen-bond acceptors (Lipinski definition) is 5. The highest BCUT2D eigenvalue weighted by molar-refractivity contribution is 8.22. The molecule has 1 saturated heterocycles. The van der Waals surface area contributed by atoms with E-state index in [-0.39, 0.29) is 5.56 Å². The van der Waals surface area contributed by atoms with Crippen molar-refractivity contribution in [2.75, 3.05) is 48.3 Å². The van der Waals surface area contributed by atoms with Gasteiger partial charge in [-0.3, -0.25) is 9.59 Å². The highest BCUT2D eigenvalue weighted by Crippen LogP contribution is 2.30. The number of piperazine rings is 1. The second-order valence-electron chi connectivity index (χ2n) is 7.49. The van der Waals surface area contributed by atoms with Crippen LogP contribution in [-0.4, -0.2) is 59.4 Å². The maximum Gasteiger partial charge on any atom is 0.299 e. The number of ketones is 1. The zero-order valence-electron chi connectivity index (χ0n) is 17.0. The minimum absolute atomic E-state index is 0.137. The Hall–Kier alpha value is -1.87. The monoisotopic (exact) mass is 511 g/mol. The Balaban J connectivity index is 1.23. The number of Topliss-reactive ketones (excluding diaryl/α,β-unsaturated/α-hetero) is 1. The highest BCUT2D eigenvalue weighted by atomic mass is 35.5. The largest absolute Gasteiger partial charge is 0.368 e. The van der Waals surface area contributed by atoms with E-state index < -0.39 is 17.5 Å². The summed E-state index contributed by atoms with van der Waals surface area (Å²) >= 11 is 19.3. The predicted molar refractivity (Wildman–Crippen MR) is 133 cm³/mol. The molecule has 0 atom stereocenters. The topological polar surface area (TPSA) is 43.9 Å². The van der Waals surface area contributed by atoms with Crippen molar-refractivity contribution < 1.29 is 14.0 Å². The smallest absolute Gasteiger partial charge is 0.299 e. The molecule has 0 saturated carbocycles. The maximum absolute atomic E-state index is 13.4. The molecule has 0 unspecified atom stereocenters. The van der Waals surface area contributed by atoms with E-state index in [1.807, 2.05) is 12.1 Å². The van der Waals surface area contributed by atoms with Gasteiger partial charge < -0.3 is 14.7 Å². The van der Waals surface area contributed by atoms with Gasteiger partial charge in [-0.15, -0.1) is 0 Å². The molecular weight excluding hydrogens is 492 g/mol. The number of nitrogens with zero attached hydrogens (tertiary/aromatic N) is 3. The molecule has 32 heavy (non-hydrogen) atoms. The number of hydrogen-bond donors (Lipinski definition) is 0. The van der Waals surface area contributed by atoms with Gasteiger partial charge in [0.05, 0.1) is 21.3 Å². The third-order valence-corrected chi connectivity index (χ3v) is 7.84. The Labute approximate surface area is 205 Å². The van der Waals surface area contributed by atoms with Crippen molar-refractivity contribution in [2.45, 2.75) is 6.42 Å². The first-order chi connectivity index (χ1) is 15.3. The van der Waals surface area contributed by atoms with Gasteiger partial charge >= 0.3 is 0 Å². The van der Waals surface area contributed by atoms with Crippen molar-refractivity contribution in [3.05, 3.63) is 57.8 Å². The minimum Gasteiger partial charge on any atom is -0.368 e. The molecule has 2 aliphatic heterocycles. The zero-order valence-corrected chi connectivity index (χ0v) is 20.2. The number of halogens is 3. The van der Waals surface area contributed by atoms with E-state index in [1.54, 1.807) is 17.8 Å². The average Bonchev–Trinajstić information content (AvgIpc) is 3.02. The summed E-state index contributed by atoms with van der Waals surface area (Å²) in [6.07, 6.45) is 0.671. The maximum atomic E-state index is 13.4. The van der Waals surface area contributed by atoms with Crippen LogP contribution in [0.3, 0.4) is 0 Å². The summed E-state index contributed by atoms with van der Waals surface area (Å²) in [7, 11) is 0. The van der Waals surface area contributed by atoms with E-state index in [9.17, 15) is 14.0 Å². The van der Waals surface area contributed by atoms with Crippen LogP contribution in [0.25, 0.3) is 0 Å². The fraction of sp³-hybridized carbons (Fsp3) is 0.318. The van der Waals surface area contributed by atoms with Crippen LogP contribution in [0.2, 0.25) is 10.0 Å². The number of fused-ring (bicyclic) bond motifs is 1. The van der Waals surface area contributed by atoms with Crippen molar-refractivity contribution in [1.29, 1.82) is 0 Å². The third kappa shape index (κ3) is 4.88. The highest BCUT2D eigenvalue weighted by Gasteiger charge is 2.35. The van der Waals surface area contributed by atoms with Gasteiger partial charge in [-0.1, -0.05) is 47.2 Å². The van der Waals surface area contributed by atoms with Crippen LogP contribution in [0.15, 0.2) is 36.4 Å². The molecule has 0 aliphatic carbocycles. The molecular formula is C22H20Cl2FN3O2S2. The summed E-state index contributed by atoms with van der Waals surface area (Å²) in [5, 5.41) is 1.09. The fourth-order valence-electron chi connectivity index (χ4n) is 3.80. The van der Waals surface area contributed by atoms with Crippen LogP contribution >= 0.6 is 47.2 Å². The fourth-order valence-corrected chi connectivity index (χ4v) is 5.34. The number of anilines is 2. The van der Waals surface area contributed by atoms with E-state index in [0.717, 1.165) is 48.0 Å². The molecule has 0 N–H and O–H groups in total. The molecule has 168 valence electrons. The van der Waals surface area contributed by atoms with Crippen molar-refractivity contribution in [3.8, 4) is 0 Å². The Kier molecular flexibility index (Phi) is 7.24. The van der Waals surface area contributed by atoms with Gasteiger partial charge in [0.15, 0.2) is 0 Å². The second kappa shape index (κ2) is 9.95. The lowest BCUT2D eigenvalue weighted by Crippen LogP contribution is -2.47. The molecule has 2 aromatic rings. The summed E-state index contributed by atoms with van der Waals surface area (Å²) in [5.41, 5.74) is 1.66. The quantitative estimate of drug-likeness (QED) is 0.323. The lowest BCUT2D eigenvalue weighted by molar-refractivity contribution is -0.114. The number of thioether (sulfide) groups is 1. The number of thiocarbonyl (C=S) groups is 1. The van der Waals surface area contributed by atoms with Gasteiger partial charge in [-0.05, 0) is 42.8 Å². The number of amides is 1. The summed E-state index contributed by atoms with van der Waals surface area (Å²) in [6, 6.07) is 9.52. The first kappa shape index (κ1) is 23.3. The standard InChI is InChI=1S/C22H20Cl2FN3O2S2/c23-17-4-3-15(13-18(17)24)26-7-9-27(10-8-26)22(31)32-11-1-6-28-19-5-2-14(25)12-16(19)20(29)21(28)30/h2-5,12-13H,1,6-11H2. The molecule has 0 aromatic heterocycles. The number of carbonyl (C=O) groups is 2. The molecule has 1 amide bonds. The molecule has 2 aliphatic rings. The normalized spacial score (nSPS) is 16.0. The van der Waals surface area contributed by atoms with Crippen molar-refractivity contribution in [1.82, 2.24) is 4.90 Å². The third-order valence-electron chi connectivity index (χ3n) is 5.49. The van der Waals surface area contributed by atoms with Crippen LogP contribution < -0.4 is 9.80 Å². The van der Waals surface area contributed by atoms with Crippen LogP contribution in [0.4, 0.5) is 15.8 Å². The molecule has 0 radical (unpaired) electrons. The average molecular weight is 512 g/mol. The van der Waals surface area contributed by atoms with E-state index in [2.05, 4.69) is 9.80 Å². The number of benzene rings is 2. The van der Waals surface area contributed by atoms with Crippen LogP contribution in [0, 0.1) is 5.82 Å². The lowest BCUT2D eigenvalue weighted by atomic mass is 10.1. The Morgan fingerprint density at radius 2 is 1.78 bits per heavy atom. The zero-order chi connectivity index (χ0) is 22.8. The van der Waals surface area contributed by atoms with Crippen molar-refractivity contribution in [2.24, 2.45) is 0 Å². The summed E-state index contributed by atoms with van der Waals surface area (Å²) in [4.78, 5) is 30.1. The Bertz CT molecular complexity index is 1080. The van der Waals surface area contributed by atoms with E-state index >= 15 is 0 Å². The van der Waals surface area contributed by atoms with Crippen LogP contribution in [0.1, 0.15) is 16.8 Å². The van der Waals surface area contributed by atoms with Gasteiger partial charge in [0, 0.05) is 44.2 Å². The number of rotatable bonds is 5. The molecule has 2 heterocycles. The Morgan fingerprint density at radius 3 is 2.50 bits per heavy atom. The predicted octanol–water partition coefficient (Wildman–Crippen LogP) is 4.89. The SMILES string of the molecule is O=C1C(=O)N(CCCSC(=S)N2CCN(c3ccc(Cl)c(Cl)c3)CC2)c2ccc(F)cc21. The van der Waals surface area contributed by atoms with Gasteiger partial charge in [0.1, 0.15) is 10.1 Å². The van der Waals surface area contributed by atoms with Crippen LogP contribution in [0.5, 0.6) is 0 Å². The van der Waals surface area contributed by atoms with E-state index in [0.29, 0.717) is 28.7 Å². The molecule has 0 spiro atoms. The van der Waals surface area contributed by atoms with Gasteiger partial charge in [-0.25, -0.2) is 4.39 Å². The van der Waals surface area contributed by atoms with Crippen molar-refractivity contribution >= 4 is 74.6 Å². The van der Waals surface area contributed by atoms with E-state index in [1.165, 1.54) is 17.0 Å². The summed E-state index contributed by atoms with van der Waals surface area (Å²) < 4.78 is 14.2. The molecule has 5 nitrogen and oxygen atoms in total. The Morgan fingerprint density at radius 1 is 1.03 bits per heavy atom. The van der Waals surface area contributed by atoms with Gasteiger partial charge in [0.2, 0.25) is 0 Å². The molecule has 0 bridgehead atoms. The first-order valence-electron chi connectivity index (χ1n) is 10.1. The molecule has 4 rings (SSSR count). The minimum atomic E-state index is -0.650. The number of carbonyl (C=O) groups excluding carboxylic acids is 2. The molecule has 2 aromatic carbocycles. The summed E-state index contributed by atoms with van der Waals surface area (Å²) in [6.45, 7) is 3.67. The van der Waals surface area contributed by atoms with Crippen LogP contribution in [-0.2, 0) is 4.79 Å². The van der Waals surface area contributed by atoms with Crippen molar-refractivity contribution in [3.63, 3.8) is 0 Å². The first-order valence-corrected chi connectivity index (χ1v) is 12.3. The summed E-state index contributed by atoms with van der Waals surface area (Å²) in [5.74, 6) is -1.05. The molecule has 10 heteroatoms. The second-order valence-corrected chi connectivity index (χ2v) is 10.0. The van der Waals surface area contributed by atoms with Gasteiger partial charge in [-0.2, -0.15) is 0 Å². The molecule has 1 fully saturated rings. The van der Waals surface area contributed by atoms with Gasteiger partial charge in [0.25, 0.3) is 11.7 Å².